The van der Waals surface area contributed by atoms with Gasteiger partial charge in [-0.15, -0.1) is 0 Å². The van der Waals surface area contributed by atoms with Crippen molar-refractivity contribution in [2.24, 2.45) is 0 Å². The fraction of sp³-hybridized carbons (Fsp3) is 0.0714. The standard InChI is InChI=1S/C14H11N5/c1-11-6-13(19-5-4-17-10-19)2-3-14(11)18-9-12(7-15)8-16/h2-6,9-10,18H,1H3. The highest BCUT2D eigenvalue weighted by atomic mass is 15.0. The summed E-state index contributed by atoms with van der Waals surface area (Å²) in [7, 11) is 0. The van der Waals surface area contributed by atoms with E-state index in [0.717, 1.165) is 16.9 Å². The molecule has 19 heavy (non-hydrogen) atoms. The van der Waals surface area contributed by atoms with E-state index < -0.39 is 0 Å². The summed E-state index contributed by atoms with van der Waals surface area (Å²) in [6, 6.07) is 9.43. The summed E-state index contributed by atoms with van der Waals surface area (Å²) in [6.07, 6.45) is 6.71. The molecular weight excluding hydrogens is 238 g/mol. The average molecular weight is 249 g/mol. The zero-order chi connectivity index (χ0) is 13.7. The Morgan fingerprint density at radius 1 is 1.37 bits per heavy atom. The fourth-order valence-electron chi connectivity index (χ4n) is 1.62. The Bertz CT molecular complexity index is 668. The second kappa shape index (κ2) is 5.52. The van der Waals surface area contributed by atoms with Gasteiger partial charge in [-0.2, -0.15) is 10.5 Å². The Labute approximate surface area is 111 Å². The van der Waals surface area contributed by atoms with E-state index in [2.05, 4.69) is 10.3 Å². The van der Waals surface area contributed by atoms with Crippen molar-refractivity contribution in [1.29, 1.82) is 10.5 Å². The lowest BCUT2D eigenvalue weighted by Gasteiger charge is -2.08. The van der Waals surface area contributed by atoms with Gasteiger partial charge in [0.2, 0.25) is 0 Å². The van der Waals surface area contributed by atoms with E-state index in [1.54, 1.807) is 24.7 Å². The molecule has 0 saturated carbocycles. The molecule has 0 unspecified atom stereocenters. The summed E-state index contributed by atoms with van der Waals surface area (Å²) >= 11 is 0. The van der Waals surface area contributed by atoms with Crippen LogP contribution < -0.4 is 5.32 Å². The molecule has 2 aromatic rings. The van der Waals surface area contributed by atoms with Crippen molar-refractivity contribution in [3.63, 3.8) is 0 Å². The van der Waals surface area contributed by atoms with Gasteiger partial charge in [0.15, 0.2) is 0 Å². The van der Waals surface area contributed by atoms with E-state index in [1.807, 2.05) is 35.9 Å². The number of imidazole rings is 1. The number of aromatic nitrogens is 2. The molecule has 1 heterocycles. The largest absolute Gasteiger partial charge is 0.360 e. The van der Waals surface area contributed by atoms with E-state index >= 15 is 0 Å². The highest BCUT2D eigenvalue weighted by molar-refractivity contribution is 5.58. The molecule has 0 saturated heterocycles. The van der Waals surface area contributed by atoms with Crippen LogP contribution in [0, 0.1) is 29.6 Å². The molecule has 1 aromatic carbocycles. The molecule has 0 atom stereocenters. The van der Waals surface area contributed by atoms with Gasteiger partial charge >= 0.3 is 0 Å². The SMILES string of the molecule is Cc1cc(-n2ccnc2)ccc1NC=C(C#N)C#N. The van der Waals surface area contributed by atoms with Crippen molar-refractivity contribution < 1.29 is 0 Å². The first-order chi connectivity index (χ1) is 9.24. The summed E-state index contributed by atoms with van der Waals surface area (Å²) in [6.45, 7) is 1.95. The first-order valence-corrected chi connectivity index (χ1v) is 5.60. The maximum Gasteiger partial charge on any atom is 0.145 e. The predicted molar refractivity (Wildman–Crippen MR) is 71.2 cm³/mol. The number of allylic oxidation sites excluding steroid dienone is 1. The monoisotopic (exact) mass is 249 g/mol. The number of nitrogens with zero attached hydrogens (tertiary/aromatic N) is 4. The molecule has 1 aromatic heterocycles. The molecule has 0 amide bonds. The molecule has 1 N–H and O–H groups in total. The molecule has 0 aliphatic heterocycles. The van der Waals surface area contributed by atoms with Gasteiger partial charge < -0.3 is 9.88 Å². The first kappa shape index (κ1) is 12.4. The Kier molecular flexibility index (Phi) is 3.61. The van der Waals surface area contributed by atoms with Gasteiger partial charge in [-0.25, -0.2) is 4.98 Å². The van der Waals surface area contributed by atoms with Gasteiger partial charge in [-0.1, -0.05) is 0 Å². The van der Waals surface area contributed by atoms with Crippen molar-refractivity contribution in [2.75, 3.05) is 5.32 Å². The quantitative estimate of drug-likeness (QED) is 0.848. The Hall–Kier alpha value is -3.05. The van der Waals surface area contributed by atoms with Crippen molar-refractivity contribution in [1.82, 2.24) is 9.55 Å². The fourth-order valence-corrected chi connectivity index (χ4v) is 1.62. The number of nitrogens with one attached hydrogen (secondary N) is 1. The molecule has 0 bridgehead atoms. The second-order valence-electron chi connectivity index (χ2n) is 3.90. The molecule has 0 aliphatic rings. The molecule has 0 fully saturated rings. The molecule has 0 radical (unpaired) electrons. The van der Waals surface area contributed by atoms with Crippen LogP contribution >= 0.6 is 0 Å². The van der Waals surface area contributed by atoms with Crippen LogP contribution in [0.25, 0.3) is 5.69 Å². The molecule has 5 nitrogen and oxygen atoms in total. The van der Waals surface area contributed by atoms with Crippen LogP contribution in [0.15, 0.2) is 48.7 Å². The first-order valence-electron chi connectivity index (χ1n) is 5.60. The third-order valence-corrected chi connectivity index (χ3v) is 2.63. The normalized spacial score (nSPS) is 9.21. The zero-order valence-electron chi connectivity index (χ0n) is 10.3. The summed E-state index contributed by atoms with van der Waals surface area (Å²) in [5.74, 6) is 0. The van der Waals surface area contributed by atoms with Crippen LogP contribution in [0.5, 0.6) is 0 Å². The van der Waals surface area contributed by atoms with E-state index in [1.165, 1.54) is 6.20 Å². The Morgan fingerprint density at radius 2 is 2.16 bits per heavy atom. The second-order valence-corrected chi connectivity index (χ2v) is 3.90. The number of aryl methyl sites for hydroxylation is 1. The minimum Gasteiger partial charge on any atom is -0.360 e. The van der Waals surface area contributed by atoms with Crippen molar-refractivity contribution in [3.05, 3.63) is 54.3 Å². The minimum absolute atomic E-state index is 0.0399. The van der Waals surface area contributed by atoms with Crippen LogP contribution in [-0.4, -0.2) is 9.55 Å². The molecule has 92 valence electrons. The summed E-state index contributed by atoms with van der Waals surface area (Å²) in [5, 5.41) is 20.3. The van der Waals surface area contributed by atoms with Crippen molar-refractivity contribution in [2.45, 2.75) is 6.92 Å². The number of nitriles is 2. The van der Waals surface area contributed by atoms with Crippen LogP contribution in [0.3, 0.4) is 0 Å². The molecule has 0 aliphatic carbocycles. The number of benzene rings is 1. The number of rotatable bonds is 3. The lowest BCUT2D eigenvalue weighted by Crippen LogP contribution is -1.96. The van der Waals surface area contributed by atoms with Gasteiger partial charge in [0.05, 0.1) is 6.33 Å². The molecular formula is C14H11N5. The Morgan fingerprint density at radius 3 is 2.74 bits per heavy atom. The highest BCUT2D eigenvalue weighted by Crippen LogP contribution is 2.19. The lowest BCUT2D eigenvalue weighted by molar-refractivity contribution is 1.05. The maximum atomic E-state index is 8.65. The van der Waals surface area contributed by atoms with Gasteiger partial charge in [-0.3, -0.25) is 0 Å². The van der Waals surface area contributed by atoms with Crippen LogP contribution in [0.2, 0.25) is 0 Å². The summed E-state index contributed by atoms with van der Waals surface area (Å²) < 4.78 is 1.91. The summed E-state index contributed by atoms with van der Waals surface area (Å²) in [4.78, 5) is 4.00. The summed E-state index contributed by atoms with van der Waals surface area (Å²) in [5.41, 5.74) is 2.91. The van der Waals surface area contributed by atoms with Crippen molar-refractivity contribution in [3.8, 4) is 17.8 Å². The zero-order valence-corrected chi connectivity index (χ0v) is 10.3. The van der Waals surface area contributed by atoms with Crippen LogP contribution in [0.1, 0.15) is 5.56 Å². The smallest absolute Gasteiger partial charge is 0.145 e. The number of hydrogen-bond acceptors (Lipinski definition) is 4. The predicted octanol–water partition coefficient (Wildman–Crippen LogP) is 2.52. The maximum absolute atomic E-state index is 8.65. The molecule has 2 rings (SSSR count). The third kappa shape index (κ3) is 2.80. The van der Waals surface area contributed by atoms with E-state index in [9.17, 15) is 0 Å². The topological polar surface area (TPSA) is 77.4 Å². The Balaban J connectivity index is 2.24. The van der Waals surface area contributed by atoms with Crippen LogP contribution in [0.4, 0.5) is 5.69 Å². The molecule has 5 heteroatoms. The molecule has 0 spiro atoms. The third-order valence-electron chi connectivity index (χ3n) is 2.63. The van der Waals surface area contributed by atoms with Crippen molar-refractivity contribution >= 4 is 5.69 Å². The van der Waals surface area contributed by atoms with Crippen LogP contribution in [-0.2, 0) is 0 Å². The van der Waals surface area contributed by atoms with Gasteiger partial charge in [0.25, 0.3) is 0 Å². The van der Waals surface area contributed by atoms with E-state index in [0.29, 0.717) is 0 Å². The highest BCUT2D eigenvalue weighted by Gasteiger charge is 2.01. The van der Waals surface area contributed by atoms with Gasteiger partial charge in [-0.05, 0) is 30.7 Å². The van der Waals surface area contributed by atoms with E-state index in [4.69, 9.17) is 10.5 Å². The number of hydrogen-bond donors (Lipinski definition) is 1. The van der Waals surface area contributed by atoms with Gasteiger partial charge in [0.1, 0.15) is 17.7 Å². The lowest BCUT2D eigenvalue weighted by atomic mass is 10.1. The number of anilines is 1. The minimum atomic E-state index is 0.0399. The average Bonchev–Trinajstić information content (AvgIpc) is 2.95. The van der Waals surface area contributed by atoms with Gasteiger partial charge in [0, 0.05) is 30.0 Å². The van der Waals surface area contributed by atoms with E-state index in [-0.39, 0.29) is 5.57 Å².